The molecule has 0 unspecified atom stereocenters. The van der Waals surface area contributed by atoms with Gasteiger partial charge in [-0.15, -0.1) is 5.10 Å². The number of benzene rings is 2. The molecule has 146 valence electrons. The third-order valence-corrected chi connectivity index (χ3v) is 5.21. The third-order valence-electron chi connectivity index (χ3n) is 4.14. The Hall–Kier alpha value is -2.71. The van der Waals surface area contributed by atoms with Gasteiger partial charge in [-0.1, -0.05) is 23.9 Å². The van der Waals surface area contributed by atoms with Crippen molar-refractivity contribution in [3.63, 3.8) is 0 Å². The Morgan fingerprint density at radius 2 is 1.96 bits per heavy atom. The molecule has 1 atom stereocenters. The first-order valence-corrected chi connectivity index (χ1v) is 9.83. The third kappa shape index (κ3) is 4.96. The Morgan fingerprint density at radius 3 is 2.68 bits per heavy atom. The van der Waals surface area contributed by atoms with Crippen molar-refractivity contribution < 1.29 is 14.6 Å². The van der Waals surface area contributed by atoms with Crippen molar-refractivity contribution in [1.29, 1.82) is 0 Å². The van der Waals surface area contributed by atoms with E-state index >= 15 is 0 Å². The highest BCUT2D eigenvalue weighted by Gasteiger charge is 2.14. The molecule has 28 heavy (non-hydrogen) atoms. The lowest BCUT2D eigenvalue weighted by Crippen LogP contribution is -2.20. The van der Waals surface area contributed by atoms with Crippen LogP contribution < -0.4 is 4.74 Å². The number of carbonyl (C=O) groups excluding carboxylic acids is 1. The maximum absolute atomic E-state index is 11.3. The van der Waals surface area contributed by atoms with Crippen molar-refractivity contribution in [2.75, 3.05) is 12.4 Å². The van der Waals surface area contributed by atoms with E-state index in [1.807, 2.05) is 32.0 Å². The highest BCUT2D eigenvalue weighted by atomic mass is 32.2. The summed E-state index contributed by atoms with van der Waals surface area (Å²) in [7, 11) is 0. The number of ether oxygens (including phenoxy) is 1. The molecule has 0 saturated heterocycles. The number of hydrogen-bond acceptors (Lipinski definition) is 7. The number of aryl methyl sites for hydroxylation is 2. The van der Waals surface area contributed by atoms with Crippen LogP contribution in [0.15, 0.2) is 47.6 Å². The topological polar surface area (TPSA) is 90.1 Å². The Bertz CT molecular complexity index is 956. The van der Waals surface area contributed by atoms with E-state index in [4.69, 9.17) is 4.74 Å². The van der Waals surface area contributed by atoms with Gasteiger partial charge in [0.05, 0.1) is 11.8 Å². The van der Waals surface area contributed by atoms with Crippen molar-refractivity contribution in [2.24, 2.45) is 0 Å². The predicted octanol–water partition coefficient (Wildman–Crippen LogP) is 3.01. The van der Waals surface area contributed by atoms with Gasteiger partial charge in [0.2, 0.25) is 5.16 Å². The number of Topliss-reactive ketones (excluding diaryl/α,β-unsaturated/α-hetero) is 1. The molecule has 0 spiro atoms. The van der Waals surface area contributed by atoms with Gasteiger partial charge in [-0.3, -0.25) is 4.79 Å². The normalized spacial score (nSPS) is 12.0. The second-order valence-electron chi connectivity index (χ2n) is 6.52. The standard InChI is InChI=1S/C20H22N4O3S/c1-13-4-5-14(2)19(10-13)24-20(21-22-23-24)28-12-17(26)11-27-18-8-6-16(7-9-18)15(3)25/h4-10,17,26H,11-12H2,1-3H3/t17-/m1/s1. The summed E-state index contributed by atoms with van der Waals surface area (Å²) < 4.78 is 7.27. The number of tetrazole rings is 1. The van der Waals surface area contributed by atoms with Gasteiger partial charge in [-0.2, -0.15) is 4.68 Å². The molecule has 3 aromatic rings. The monoisotopic (exact) mass is 398 g/mol. The number of aliphatic hydroxyl groups is 1. The Balaban J connectivity index is 1.57. The molecule has 0 radical (unpaired) electrons. The van der Waals surface area contributed by atoms with Crippen LogP contribution in [0, 0.1) is 13.8 Å². The molecule has 0 fully saturated rings. The molecule has 0 saturated carbocycles. The number of hydrogen-bond donors (Lipinski definition) is 1. The first-order chi connectivity index (χ1) is 13.4. The molecule has 0 aliphatic heterocycles. The van der Waals surface area contributed by atoms with Gasteiger partial charge in [0.15, 0.2) is 5.78 Å². The van der Waals surface area contributed by atoms with Gasteiger partial charge < -0.3 is 9.84 Å². The smallest absolute Gasteiger partial charge is 0.214 e. The number of rotatable bonds is 8. The number of carbonyl (C=O) groups is 1. The summed E-state index contributed by atoms with van der Waals surface area (Å²) in [5, 5.41) is 22.7. The van der Waals surface area contributed by atoms with Crippen LogP contribution in [-0.2, 0) is 0 Å². The van der Waals surface area contributed by atoms with Crippen LogP contribution in [0.1, 0.15) is 28.4 Å². The van der Waals surface area contributed by atoms with Gasteiger partial charge in [0.25, 0.3) is 0 Å². The first kappa shape index (κ1) is 20.0. The molecule has 7 nitrogen and oxygen atoms in total. The van der Waals surface area contributed by atoms with Crippen LogP contribution in [0.2, 0.25) is 0 Å². The lowest BCUT2D eigenvalue weighted by Gasteiger charge is -2.13. The van der Waals surface area contributed by atoms with Crippen LogP contribution in [0.3, 0.4) is 0 Å². The van der Waals surface area contributed by atoms with Crippen LogP contribution in [0.4, 0.5) is 0 Å². The molecule has 0 aliphatic rings. The first-order valence-electron chi connectivity index (χ1n) is 8.84. The van der Waals surface area contributed by atoms with Gasteiger partial charge in [0, 0.05) is 11.3 Å². The number of nitrogens with zero attached hydrogens (tertiary/aromatic N) is 4. The van der Waals surface area contributed by atoms with E-state index in [0.717, 1.165) is 16.8 Å². The number of aromatic nitrogens is 4. The second kappa shape index (κ2) is 8.99. The van der Waals surface area contributed by atoms with Crippen molar-refractivity contribution in [3.8, 4) is 11.4 Å². The average molecular weight is 398 g/mol. The van der Waals surface area contributed by atoms with Crippen LogP contribution in [0.25, 0.3) is 5.69 Å². The van der Waals surface area contributed by atoms with Crippen LogP contribution in [-0.4, -0.2) is 49.6 Å². The van der Waals surface area contributed by atoms with Gasteiger partial charge in [-0.05, 0) is 72.7 Å². The van der Waals surface area contributed by atoms with Crippen molar-refractivity contribution in [2.45, 2.75) is 32.0 Å². The summed E-state index contributed by atoms with van der Waals surface area (Å²) in [4.78, 5) is 11.3. The maximum atomic E-state index is 11.3. The number of ketones is 1. The quantitative estimate of drug-likeness (QED) is 0.461. The van der Waals surface area contributed by atoms with E-state index < -0.39 is 6.10 Å². The van der Waals surface area contributed by atoms with E-state index in [2.05, 4.69) is 15.5 Å². The van der Waals surface area contributed by atoms with Crippen LogP contribution in [0.5, 0.6) is 5.75 Å². The molecule has 1 aromatic heterocycles. The molecule has 3 rings (SSSR count). The summed E-state index contributed by atoms with van der Waals surface area (Å²) in [5.74, 6) is 0.996. The minimum atomic E-state index is -0.693. The predicted molar refractivity (Wildman–Crippen MR) is 107 cm³/mol. The SMILES string of the molecule is CC(=O)c1ccc(OC[C@@H](O)CSc2nnnn2-c2cc(C)ccc2C)cc1. The lowest BCUT2D eigenvalue weighted by atomic mass is 10.1. The molecular formula is C20H22N4O3S. The molecule has 2 aromatic carbocycles. The van der Waals surface area contributed by atoms with Gasteiger partial charge in [-0.25, -0.2) is 0 Å². The summed E-state index contributed by atoms with van der Waals surface area (Å²) in [5.41, 5.74) is 3.74. The summed E-state index contributed by atoms with van der Waals surface area (Å²) in [6.07, 6.45) is -0.693. The highest BCUT2D eigenvalue weighted by molar-refractivity contribution is 7.99. The Labute approximate surface area is 167 Å². The van der Waals surface area contributed by atoms with E-state index in [1.165, 1.54) is 18.7 Å². The Morgan fingerprint density at radius 1 is 1.21 bits per heavy atom. The van der Waals surface area contributed by atoms with E-state index in [-0.39, 0.29) is 12.4 Å². The van der Waals surface area contributed by atoms with Crippen molar-refractivity contribution in [1.82, 2.24) is 20.2 Å². The molecular weight excluding hydrogens is 376 g/mol. The van der Waals surface area contributed by atoms with Gasteiger partial charge in [0.1, 0.15) is 12.4 Å². The van der Waals surface area contributed by atoms with E-state index in [0.29, 0.717) is 22.2 Å². The summed E-state index contributed by atoms with van der Waals surface area (Å²) in [6, 6.07) is 12.9. The zero-order valence-electron chi connectivity index (χ0n) is 16.0. The average Bonchev–Trinajstić information content (AvgIpc) is 3.15. The lowest BCUT2D eigenvalue weighted by molar-refractivity contribution is 0.101. The minimum Gasteiger partial charge on any atom is -0.491 e. The van der Waals surface area contributed by atoms with Crippen molar-refractivity contribution in [3.05, 3.63) is 59.2 Å². The second-order valence-corrected chi connectivity index (χ2v) is 7.51. The highest BCUT2D eigenvalue weighted by Crippen LogP contribution is 2.22. The zero-order valence-corrected chi connectivity index (χ0v) is 16.8. The van der Waals surface area contributed by atoms with Crippen molar-refractivity contribution >= 4 is 17.5 Å². The molecule has 1 N–H and O–H groups in total. The fourth-order valence-corrected chi connectivity index (χ4v) is 3.35. The van der Waals surface area contributed by atoms with Gasteiger partial charge >= 0.3 is 0 Å². The maximum Gasteiger partial charge on any atom is 0.214 e. The van der Waals surface area contributed by atoms with Crippen LogP contribution >= 0.6 is 11.8 Å². The molecule has 0 aliphatic carbocycles. The molecule has 0 amide bonds. The Kier molecular flexibility index (Phi) is 6.43. The minimum absolute atomic E-state index is 0.00422. The van der Waals surface area contributed by atoms with E-state index in [9.17, 15) is 9.90 Å². The fraction of sp³-hybridized carbons (Fsp3) is 0.300. The molecule has 1 heterocycles. The molecule has 0 bridgehead atoms. The number of aliphatic hydroxyl groups excluding tert-OH is 1. The van der Waals surface area contributed by atoms with E-state index in [1.54, 1.807) is 28.9 Å². The number of thioether (sulfide) groups is 1. The zero-order chi connectivity index (χ0) is 20.1. The molecule has 8 heteroatoms. The fourth-order valence-electron chi connectivity index (χ4n) is 2.56. The summed E-state index contributed by atoms with van der Waals surface area (Å²) in [6.45, 7) is 5.68. The summed E-state index contributed by atoms with van der Waals surface area (Å²) >= 11 is 1.36. The largest absolute Gasteiger partial charge is 0.491 e.